The van der Waals surface area contributed by atoms with Crippen LogP contribution in [0, 0.1) is 6.92 Å². The fraction of sp³-hybridized carbons (Fsp3) is 0.120. The van der Waals surface area contributed by atoms with E-state index >= 15 is 0 Å². The molecule has 4 aromatic rings. The smallest absolute Gasteiger partial charge is 0.251 e. The number of imidazole rings is 1. The number of amides is 1. The molecule has 1 saturated heterocycles. The summed E-state index contributed by atoms with van der Waals surface area (Å²) in [7, 11) is 0. The number of hydrogen-bond donors (Lipinski definition) is 1. The lowest BCUT2D eigenvalue weighted by Crippen LogP contribution is -2.16. The summed E-state index contributed by atoms with van der Waals surface area (Å²) in [6.07, 6.45) is 2.64. The third-order valence-electron chi connectivity index (χ3n) is 5.56. The number of halogens is 3. The van der Waals surface area contributed by atoms with Crippen LogP contribution in [-0.2, 0) is 11.2 Å². The van der Waals surface area contributed by atoms with E-state index in [4.69, 9.17) is 28.2 Å². The first kappa shape index (κ1) is 23.3. The van der Waals surface area contributed by atoms with Gasteiger partial charge in [0.25, 0.3) is 5.91 Å². The van der Waals surface area contributed by atoms with E-state index in [0.29, 0.717) is 23.0 Å². The second kappa shape index (κ2) is 9.66. The van der Waals surface area contributed by atoms with Crippen LogP contribution in [0.2, 0.25) is 10.0 Å². The largest absolute Gasteiger partial charge is 0.303 e. The Balaban J connectivity index is 1.60. The van der Waals surface area contributed by atoms with Gasteiger partial charge in [-0.15, -0.1) is 0 Å². The summed E-state index contributed by atoms with van der Waals surface area (Å²) in [4.78, 5) is 16.7. The third-order valence-corrected chi connectivity index (χ3v) is 7.50. The van der Waals surface area contributed by atoms with Gasteiger partial charge in [-0.3, -0.25) is 13.8 Å². The minimum absolute atomic E-state index is 0.00646. The van der Waals surface area contributed by atoms with Crippen LogP contribution in [-0.4, -0.2) is 22.0 Å². The number of nitrogens with one attached hydrogen (secondary N) is 1. The molecule has 0 saturated carbocycles. The number of anilines is 1. The summed E-state index contributed by atoms with van der Waals surface area (Å²) in [6.45, 7) is 2.36. The minimum atomic E-state index is -0.00646. The molecule has 1 aromatic heterocycles. The van der Waals surface area contributed by atoms with Gasteiger partial charge in [-0.1, -0.05) is 57.3 Å². The van der Waals surface area contributed by atoms with E-state index in [-0.39, 0.29) is 5.91 Å². The van der Waals surface area contributed by atoms with Crippen LogP contribution in [0.3, 0.4) is 0 Å². The van der Waals surface area contributed by atoms with Gasteiger partial charge in [-0.05, 0) is 60.5 Å². The summed E-state index contributed by atoms with van der Waals surface area (Å²) in [5, 5.41) is 1.13. The molecule has 0 spiro atoms. The number of benzene rings is 3. The van der Waals surface area contributed by atoms with Gasteiger partial charge in [-0.25, -0.2) is 4.98 Å². The summed E-state index contributed by atoms with van der Waals surface area (Å²) in [6, 6.07) is 19.9. The molecular formula is C25H19BrCl2N4OS. The highest BCUT2D eigenvalue weighted by Crippen LogP contribution is 2.34. The molecule has 2 heterocycles. The fourth-order valence-electron chi connectivity index (χ4n) is 3.83. The first-order chi connectivity index (χ1) is 16.4. The number of aryl methyl sites for hydroxylation is 1. The van der Waals surface area contributed by atoms with Crippen molar-refractivity contribution in [1.82, 2.24) is 14.3 Å². The Morgan fingerprint density at radius 1 is 1.09 bits per heavy atom. The molecule has 172 valence electrons. The molecule has 1 fully saturated rings. The molecule has 0 radical (unpaired) electrons. The molecule has 0 atom stereocenters. The molecule has 0 aliphatic carbocycles. The Morgan fingerprint density at radius 3 is 2.59 bits per heavy atom. The molecule has 1 N–H and O–H groups in total. The van der Waals surface area contributed by atoms with E-state index in [1.165, 1.54) is 12.1 Å². The number of hydrogen-bond acceptors (Lipinski definition) is 4. The molecule has 1 aliphatic rings. The zero-order valence-corrected chi connectivity index (χ0v) is 22.0. The van der Waals surface area contributed by atoms with E-state index in [1.54, 1.807) is 6.07 Å². The maximum Gasteiger partial charge on any atom is 0.251 e. The van der Waals surface area contributed by atoms with Crippen molar-refractivity contribution in [3.63, 3.8) is 0 Å². The van der Waals surface area contributed by atoms with Crippen LogP contribution in [0.4, 0.5) is 5.69 Å². The van der Waals surface area contributed by atoms with E-state index in [2.05, 4.69) is 55.6 Å². The maximum absolute atomic E-state index is 11.8. The van der Waals surface area contributed by atoms with E-state index in [1.807, 2.05) is 41.7 Å². The lowest BCUT2D eigenvalue weighted by molar-refractivity contribution is -0.117. The lowest BCUT2D eigenvalue weighted by Gasteiger charge is -2.18. The van der Waals surface area contributed by atoms with Gasteiger partial charge in [0.15, 0.2) is 0 Å². The molecule has 1 amide bonds. The Kier molecular flexibility index (Phi) is 6.62. The molecule has 5 nitrogen and oxygen atoms in total. The summed E-state index contributed by atoms with van der Waals surface area (Å²) in [5.74, 6) is 0.870. The first-order valence-corrected chi connectivity index (χ1v) is 12.8. The zero-order chi connectivity index (χ0) is 23.8. The van der Waals surface area contributed by atoms with E-state index in [9.17, 15) is 4.79 Å². The highest BCUT2D eigenvalue weighted by molar-refractivity contribution is 9.10. The molecular weight excluding hydrogens is 555 g/mol. The quantitative estimate of drug-likeness (QED) is 0.261. The van der Waals surface area contributed by atoms with Crippen LogP contribution in [0.25, 0.3) is 16.9 Å². The molecule has 1 aliphatic heterocycles. The number of carbonyl (C=O) groups is 1. The van der Waals surface area contributed by atoms with Crippen LogP contribution in [0.1, 0.15) is 17.0 Å². The standard InChI is InChI=1S/C25H19BrCl2N4OS/c1-15-2-8-19(12-23(15)32-14-25(33)30-34-32)31-13-22(20-9-7-18(27)11-21(20)28)29-24(31)10-16-3-5-17(26)6-4-16/h2-9,11-13H,10,14H2,1H3,(H,30,33). The van der Waals surface area contributed by atoms with E-state index < -0.39 is 0 Å². The van der Waals surface area contributed by atoms with E-state index in [0.717, 1.165) is 44.1 Å². The zero-order valence-electron chi connectivity index (χ0n) is 18.1. The number of carbonyl (C=O) groups excluding carboxylic acids is 1. The first-order valence-electron chi connectivity index (χ1n) is 10.5. The van der Waals surface area contributed by atoms with Crippen molar-refractivity contribution in [1.29, 1.82) is 0 Å². The molecule has 9 heteroatoms. The Morgan fingerprint density at radius 2 is 1.88 bits per heavy atom. The molecule has 5 rings (SSSR count). The van der Waals surface area contributed by atoms with Gasteiger partial charge in [0.2, 0.25) is 0 Å². The number of rotatable bonds is 5. The van der Waals surface area contributed by atoms with Crippen molar-refractivity contribution in [2.24, 2.45) is 0 Å². The highest BCUT2D eigenvalue weighted by atomic mass is 79.9. The topological polar surface area (TPSA) is 50.2 Å². The van der Waals surface area contributed by atoms with Crippen LogP contribution in [0.5, 0.6) is 0 Å². The van der Waals surface area contributed by atoms with Gasteiger partial charge < -0.3 is 4.57 Å². The lowest BCUT2D eigenvalue weighted by atomic mass is 10.1. The Labute approximate surface area is 220 Å². The second-order valence-electron chi connectivity index (χ2n) is 7.96. The van der Waals surface area contributed by atoms with Crippen molar-refractivity contribution in [2.45, 2.75) is 13.3 Å². The minimum Gasteiger partial charge on any atom is -0.303 e. The number of nitrogens with zero attached hydrogens (tertiary/aromatic N) is 3. The Hall–Kier alpha value is -2.45. The highest BCUT2D eigenvalue weighted by Gasteiger charge is 2.23. The van der Waals surface area contributed by atoms with Gasteiger partial charge in [0.1, 0.15) is 12.4 Å². The third kappa shape index (κ3) is 4.84. The molecule has 34 heavy (non-hydrogen) atoms. The van der Waals surface area contributed by atoms with Crippen LogP contribution < -0.4 is 9.03 Å². The van der Waals surface area contributed by atoms with Gasteiger partial charge in [0.05, 0.1) is 28.5 Å². The van der Waals surface area contributed by atoms with Gasteiger partial charge in [-0.2, -0.15) is 0 Å². The molecule has 3 aromatic carbocycles. The fourth-order valence-corrected chi connectivity index (χ4v) is 5.35. The predicted molar refractivity (Wildman–Crippen MR) is 144 cm³/mol. The van der Waals surface area contributed by atoms with Crippen molar-refractivity contribution in [3.05, 3.63) is 98.3 Å². The average Bonchev–Trinajstić information content (AvgIpc) is 3.42. The molecule has 0 unspecified atom stereocenters. The van der Waals surface area contributed by atoms with Crippen molar-refractivity contribution in [3.8, 4) is 16.9 Å². The SMILES string of the molecule is Cc1ccc(-n2cc(-c3ccc(Cl)cc3Cl)nc2Cc2ccc(Br)cc2)cc1N1CC(=O)NS1. The summed E-state index contributed by atoms with van der Waals surface area (Å²) >= 11 is 17.4. The maximum atomic E-state index is 11.8. The summed E-state index contributed by atoms with van der Waals surface area (Å²) in [5.41, 5.74) is 5.75. The van der Waals surface area contributed by atoms with Gasteiger partial charge in [0, 0.05) is 33.4 Å². The van der Waals surface area contributed by atoms with Crippen LogP contribution in [0.15, 0.2) is 71.3 Å². The van der Waals surface area contributed by atoms with Crippen molar-refractivity contribution in [2.75, 3.05) is 10.8 Å². The van der Waals surface area contributed by atoms with Crippen LogP contribution >= 0.6 is 51.3 Å². The Bertz CT molecular complexity index is 1390. The second-order valence-corrected chi connectivity index (χ2v) is 10.6. The van der Waals surface area contributed by atoms with Crippen molar-refractivity contribution < 1.29 is 4.79 Å². The predicted octanol–water partition coefficient (Wildman–Crippen LogP) is 7.01. The monoisotopic (exact) mass is 572 g/mol. The summed E-state index contributed by atoms with van der Waals surface area (Å²) < 4.78 is 7.87. The number of aromatic nitrogens is 2. The normalized spacial score (nSPS) is 13.4. The molecule has 0 bridgehead atoms. The van der Waals surface area contributed by atoms with Gasteiger partial charge >= 0.3 is 0 Å². The van der Waals surface area contributed by atoms with Crippen molar-refractivity contribution >= 4 is 62.9 Å². The average molecular weight is 574 g/mol.